The van der Waals surface area contributed by atoms with Crippen LogP contribution in [0, 0.1) is 0 Å². The number of thioether (sulfide) groups is 1. The molecule has 1 aliphatic heterocycles. The van der Waals surface area contributed by atoms with Crippen molar-refractivity contribution in [1.29, 1.82) is 0 Å². The maximum absolute atomic E-state index is 12.8. The van der Waals surface area contributed by atoms with Crippen molar-refractivity contribution < 1.29 is 23.5 Å². The molecule has 0 saturated carbocycles. The van der Waals surface area contributed by atoms with Crippen molar-refractivity contribution in [3.63, 3.8) is 0 Å². The van der Waals surface area contributed by atoms with Crippen LogP contribution in [0.3, 0.4) is 0 Å². The van der Waals surface area contributed by atoms with E-state index in [-0.39, 0.29) is 23.7 Å². The van der Waals surface area contributed by atoms with E-state index in [1.165, 1.54) is 4.90 Å². The van der Waals surface area contributed by atoms with Crippen molar-refractivity contribution in [3.05, 3.63) is 86.9 Å². The van der Waals surface area contributed by atoms with Gasteiger partial charge < -0.3 is 9.15 Å². The number of esters is 1. The van der Waals surface area contributed by atoms with E-state index in [0.29, 0.717) is 28.6 Å². The highest BCUT2D eigenvalue weighted by atomic mass is 79.9. The van der Waals surface area contributed by atoms with Crippen LogP contribution >= 0.6 is 27.7 Å². The topological polar surface area (TPSA) is 76.8 Å². The molecule has 34 heavy (non-hydrogen) atoms. The van der Waals surface area contributed by atoms with E-state index in [4.69, 9.17) is 9.15 Å². The summed E-state index contributed by atoms with van der Waals surface area (Å²) in [6.45, 7) is 2.66. The molecule has 0 atom stereocenters. The van der Waals surface area contributed by atoms with Crippen LogP contribution in [0.2, 0.25) is 0 Å². The van der Waals surface area contributed by atoms with Gasteiger partial charge in [0.25, 0.3) is 11.1 Å². The average molecular weight is 540 g/mol. The standard InChI is InChI=1S/C26H22BrNO5S/c1-2-3-14-32-25(30)19-8-6-18(7-9-19)22-13-12-21(33-22)15-23-24(29)28(26(31)34-23)16-17-4-10-20(27)11-5-17/h4-13,15H,2-3,14,16H2,1H3/b23-15+. The zero-order chi connectivity index (χ0) is 24.1. The number of ether oxygens (including phenoxy) is 1. The van der Waals surface area contributed by atoms with E-state index >= 15 is 0 Å². The normalized spacial score (nSPS) is 14.8. The van der Waals surface area contributed by atoms with Gasteiger partial charge in [0.15, 0.2) is 0 Å². The summed E-state index contributed by atoms with van der Waals surface area (Å²) in [4.78, 5) is 38.8. The molecule has 1 saturated heterocycles. The molecule has 3 aromatic rings. The summed E-state index contributed by atoms with van der Waals surface area (Å²) < 4.78 is 12.0. The number of hydrogen-bond donors (Lipinski definition) is 0. The Morgan fingerprint density at radius 1 is 1.06 bits per heavy atom. The van der Waals surface area contributed by atoms with Crippen LogP contribution in [-0.4, -0.2) is 28.6 Å². The van der Waals surface area contributed by atoms with Gasteiger partial charge in [-0.05, 0) is 60.1 Å². The van der Waals surface area contributed by atoms with Gasteiger partial charge in [0.1, 0.15) is 11.5 Å². The second-order valence-corrected chi connectivity index (χ2v) is 9.57. The molecule has 8 heteroatoms. The third-order valence-electron chi connectivity index (χ3n) is 5.16. The van der Waals surface area contributed by atoms with Crippen LogP contribution in [0.15, 0.2) is 74.5 Å². The fourth-order valence-corrected chi connectivity index (χ4v) is 4.37. The molecule has 2 aromatic carbocycles. The van der Waals surface area contributed by atoms with Crippen molar-refractivity contribution in [2.24, 2.45) is 0 Å². The van der Waals surface area contributed by atoms with Gasteiger partial charge in [-0.1, -0.05) is 53.5 Å². The SMILES string of the molecule is CCCCOC(=O)c1ccc(-c2ccc(/C=C3/SC(=O)N(Cc4ccc(Br)cc4)C3=O)o2)cc1. The largest absolute Gasteiger partial charge is 0.462 e. The fraction of sp³-hybridized carbons (Fsp3) is 0.192. The lowest BCUT2D eigenvalue weighted by Gasteiger charge is -2.12. The zero-order valence-corrected chi connectivity index (χ0v) is 20.9. The molecule has 4 rings (SSSR count). The van der Waals surface area contributed by atoms with Crippen molar-refractivity contribution in [1.82, 2.24) is 4.90 Å². The summed E-state index contributed by atoms with van der Waals surface area (Å²) >= 11 is 4.27. The molecule has 174 valence electrons. The molecule has 1 aromatic heterocycles. The third kappa shape index (κ3) is 5.69. The number of unbranched alkanes of at least 4 members (excludes halogenated alkanes) is 1. The first-order valence-electron chi connectivity index (χ1n) is 10.8. The van der Waals surface area contributed by atoms with Crippen molar-refractivity contribution in [3.8, 4) is 11.3 Å². The Labute approximate surface area is 210 Å². The highest BCUT2D eigenvalue weighted by molar-refractivity contribution is 9.10. The Bertz CT molecular complexity index is 1230. The average Bonchev–Trinajstić information content (AvgIpc) is 3.41. The highest BCUT2D eigenvalue weighted by Crippen LogP contribution is 2.34. The van der Waals surface area contributed by atoms with Gasteiger partial charge in [0.2, 0.25) is 0 Å². The number of rotatable bonds is 8. The summed E-state index contributed by atoms with van der Waals surface area (Å²) in [6.07, 6.45) is 3.38. The molecule has 0 spiro atoms. The van der Waals surface area contributed by atoms with Crippen molar-refractivity contribution in [2.75, 3.05) is 6.61 Å². The minimum atomic E-state index is -0.348. The summed E-state index contributed by atoms with van der Waals surface area (Å²) in [5.41, 5.74) is 2.13. The number of amides is 2. The smallest absolute Gasteiger partial charge is 0.338 e. The molecule has 2 heterocycles. The number of hydrogen-bond acceptors (Lipinski definition) is 6. The monoisotopic (exact) mass is 539 g/mol. The summed E-state index contributed by atoms with van der Waals surface area (Å²) in [7, 11) is 0. The zero-order valence-electron chi connectivity index (χ0n) is 18.5. The number of nitrogens with zero attached hydrogens (tertiary/aromatic N) is 1. The Balaban J connectivity index is 1.43. The molecule has 1 fully saturated rings. The fourth-order valence-electron chi connectivity index (χ4n) is 3.29. The Kier molecular flexibility index (Phi) is 7.70. The maximum Gasteiger partial charge on any atom is 0.338 e. The minimum absolute atomic E-state index is 0.214. The van der Waals surface area contributed by atoms with Crippen molar-refractivity contribution >= 4 is 50.9 Å². The molecular formula is C26H22BrNO5S. The van der Waals surface area contributed by atoms with Gasteiger partial charge >= 0.3 is 5.97 Å². The van der Waals surface area contributed by atoms with Gasteiger partial charge in [0, 0.05) is 16.1 Å². The van der Waals surface area contributed by atoms with Crippen LogP contribution in [0.1, 0.15) is 41.4 Å². The second-order valence-electron chi connectivity index (χ2n) is 7.66. The molecule has 0 bridgehead atoms. The van der Waals surface area contributed by atoms with Gasteiger partial charge in [-0.15, -0.1) is 0 Å². The molecule has 0 N–H and O–H groups in total. The summed E-state index contributed by atoms with van der Waals surface area (Å²) in [5, 5.41) is -0.313. The van der Waals surface area contributed by atoms with Crippen LogP contribution in [0.25, 0.3) is 17.4 Å². The second kappa shape index (κ2) is 10.9. The van der Waals surface area contributed by atoms with E-state index in [1.54, 1.807) is 42.5 Å². The van der Waals surface area contributed by atoms with E-state index in [9.17, 15) is 14.4 Å². The Morgan fingerprint density at radius 2 is 1.79 bits per heavy atom. The van der Waals surface area contributed by atoms with E-state index in [1.807, 2.05) is 31.2 Å². The molecule has 1 aliphatic rings. The van der Waals surface area contributed by atoms with E-state index in [2.05, 4.69) is 15.9 Å². The van der Waals surface area contributed by atoms with Gasteiger partial charge in [-0.3, -0.25) is 14.5 Å². The maximum atomic E-state index is 12.8. The minimum Gasteiger partial charge on any atom is -0.462 e. The first-order valence-corrected chi connectivity index (χ1v) is 12.4. The number of halogens is 1. The Hall–Kier alpha value is -3.10. The summed E-state index contributed by atoms with van der Waals surface area (Å²) in [6, 6.07) is 18.0. The quantitative estimate of drug-likeness (QED) is 0.176. The molecule has 0 unspecified atom stereocenters. The van der Waals surface area contributed by atoms with Crippen LogP contribution < -0.4 is 0 Å². The lowest BCUT2D eigenvalue weighted by atomic mass is 10.1. The van der Waals surface area contributed by atoms with Crippen LogP contribution in [0.5, 0.6) is 0 Å². The number of carbonyl (C=O) groups excluding carboxylic acids is 3. The van der Waals surface area contributed by atoms with Gasteiger partial charge in [0.05, 0.1) is 23.6 Å². The number of imide groups is 1. The first kappa shape index (κ1) is 24.0. The van der Waals surface area contributed by atoms with Gasteiger partial charge in [-0.25, -0.2) is 4.79 Å². The lowest BCUT2D eigenvalue weighted by molar-refractivity contribution is -0.123. The van der Waals surface area contributed by atoms with Crippen molar-refractivity contribution in [2.45, 2.75) is 26.3 Å². The summed E-state index contributed by atoms with van der Waals surface area (Å²) in [5.74, 6) is 0.360. The predicted octanol–water partition coefficient (Wildman–Crippen LogP) is 6.90. The molecular weight excluding hydrogens is 518 g/mol. The highest BCUT2D eigenvalue weighted by Gasteiger charge is 2.35. The third-order valence-corrected chi connectivity index (χ3v) is 6.60. The van der Waals surface area contributed by atoms with Gasteiger partial charge in [-0.2, -0.15) is 0 Å². The molecule has 2 amide bonds. The lowest BCUT2D eigenvalue weighted by Crippen LogP contribution is -2.27. The van der Waals surface area contributed by atoms with Crippen LogP contribution in [-0.2, 0) is 16.1 Å². The van der Waals surface area contributed by atoms with Crippen LogP contribution in [0.4, 0.5) is 4.79 Å². The van der Waals surface area contributed by atoms with E-state index < -0.39 is 0 Å². The predicted molar refractivity (Wildman–Crippen MR) is 135 cm³/mol. The molecule has 0 aliphatic carbocycles. The molecule has 0 radical (unpaired) electrons. The molecule has 6 nitrogen and oxygen atoms in total. The Morgan fingerprint density at radius 3 is 2.50 bits per heavy atom. The first-order chi connectivity index (χ1) is 16.4. The number of benzene rings is 2. The number of carbonyl (C=O) groups is 3. The number of furan rings is 1. The van der Waals surface area contributed by atoms with E-state index in [0.717, 1.165) is 40.2 Å².